The zero-order chi connectivity index (χ0) is 12.6. The lowest BCUT2D eigenvalue weighted by Gasteiger charge is -2.17. The summed E-state index contributed by atoms with van der Waals surface area (Å²) in [4.78, 5) is 13.1. The zero-order valence-electron chi connectivity index (χ0n) is 10.3. The van der Waals surface area contributed by atoms with Crippen molar-refractivity contribution in [2.45, 2.75) is 40.9 Å². The van der Waals surface area contributed by atoms with Crippen LogP contribution in [0.1, 0.15) is 25.7 Å². The first-order valence-corrected chi connectivity index (χ1v) is 7.25. The second-order valence-corrected chi connectivity index (χ2v) is 6.98. The van der Waals surface area contributed by atoms with Crippen LogP contribution < -0.4 is 11.1 Å². The topological polar surface area (TPSA) is 55.1 Å². The van der Waals surface area contributed by atoms with Gasteiger partial charge in [-0.3, -0.25) is 4.79 Å². The summed E-state index contributed by atoms with van der Waals surface area (Å²) in [5, 5.41) is 3.02. The molecule has 0 unspecified atom stereocenters. The molecule has 0 aromatic heterocycles. The molecule has 18 heavy (non-hydrogen) atoms. The summed E-state index contributed by atoms with van der Waals surface area (Å²) in [5.41, 5.74) is 5.33. The molecular formula is C14H18N2OS. The van der Waals surface area contributed by atoms with Gasteiger partial charge < -0.3 is 11.1 Å². The molecular weight excluding hydrogens is 244 g/mol. The van der Waals surface area contributed by atoms with Crippen molar-refractivity contribution in [3.05, 3.63) is 30.3 Å². The number of carbonyl (C=O) groups is 1. The maximum Gasteiger partial charge on any atom is 0.240 e. The Morgan fingerprint density at radius 3 is 2.44 bits per heavy atom. The van der Waals surface area contributed by atoms with E-state index in [1.165, 1.54) is 17.7 Å². The zero-order valence-corrected chi connectivity index (χ0v) is 11.1. The number of hydrogen-bond donors (Lipinski definition) is 2. The van der Waals surface area contributed by atoms with Gasteiger partial charge in [-0.05, 0) is 37.8 Å². The SMILES string of the molecule is NC1(C(=O)NCC2(Sc3ccccc3)CC2)CC1. The molecule has 0 aliphatic heterocycles. The first kappa shape index (κ1) is 12.1. The molecule has 0 spiro atoms. The molecule has 0 atom stereocenters. The van der Waals surface area contributed by atoms with Gasteiger partial charge in [0.1, 0.15) is 0 Å². The van der Waals surface area contributed by atoms with Crippen LogP contribution in [0, 0.1) is 0 Å². The fraction of sp³-hybridized carbons (Fsp3) is 0.500. The number of nitrogens with one attached hydrogen (secondary N) is 1. The van der Waals surface area contributed by atoms with Crippen molar-refractivity contribution in [1.29, 1.82) is 0 Å². The van der Waals surface area contributed by atoms with E-state index in [1.807, 2.05) is 17.8 Å². The molecule has 0 bridgehead atoms. The van der Waals surface area contributed by atoms with Crippen molar-refractivity contribution < 1.29 is 4.79 Å². The molecule has 1 aromatic rings. The fourth-order valence-electron chi connectivity index (χ4n) is 1.97. The van der Waals surface area contributed by atoms with E-state index in [9.17, 15) is 4.79 Å². The van der Waals surface area contributed by atoms with Crippen LogP contribution in [-0.4, -0.2) is 22.7 Å². The Morgan fingerprint density at radius 1 is 1.22 bits per heavy atom. The van der Waals surface area contributed by atoms with Crippen molar-refractivity contribution in [2.75, 3.05) is 6.54 Å². The number of carbonyl (C=O) groups excluding carboxylic acids is 1. The molecule has 2 saturated carbocycles. The van der Waals surface area contributed by atoms with Gasteiger partial charge in [0, 0.05) is 16.2 Å². The maximum atomic E-state index is 11.8. The molecule has 3 nitrogen and oxygen atoms in total. The molecule has 3 rings (SSSR count). The van der Waals surface area contributed by atoms with E-state index < -0.39 is 5.54 Å². The molecule has 2 fully saturated rings. The van der Waals surface area contributed by atoms with Gasteiger partial charge in [-0.25, -0.2) is 0 Å². The van der Waals surface area contributed by atoms with Crippen LogP contribution in [0.4, 0.5) is 0 Å². The minimum Gasteiger partial charge on any atom is -0.353 e. The predicted molar refractivity (Wildman–Crippen MR) is 73.4 cm³/mol. The highest BCUT2D eigenvalue weighted by Gasteiger charge is 2.48. The van der Waals surface area contributed by atoms with Gasteiger partial charge in [0.2, 0.25) is 5.91 Å². The Kier molecular flexibility index (Phi) is 2.87. The minimum atomic E-state index is -0.548. The van der Waals surface area contributed by atoms with Gasteiger partial charge in [-0.2, -0.15) is 0 Å². The smallest absolute Gasteiger partial charge is 0.240 e. The minimum absolute atomic E-state index is 0.0300. The summed E-state index contributed by atoms with van der Waals surface area (Å²) in [6.07, 6.45) is 4.00. The second kappa shape index (κ2) is 4.28. The lowest BCUT2D eigenvalue weighted by molar-refractivity contribution is -0.123. The molecule has 3 N–H and O–H groups in total. The van der Waals surface area contributed by atoms with Crippen LogP contribution in [-0.2, 0) is 4.79 Å². The molecule has 2 aliphatic carbocycles. The quantitative estimate of drug-likeness (QED) is 0.852. The Hall–Kier alpha value is -1.00. The molecule has 0 saturated heterocycles. The van der Waals surface area contributed by atoms with Gasteiger partial charge in [-0.15, -0.1) is 11.8 Å². The van der Waals surface area contributed by atoms with Gasteiger partial charge in [0.25, 0.3) is 0 Å². The van der Waals surface area contributed by atoms with Gasteiger partial charge in [-0.1, -0.05) is 18.2 Å². The number of thioether (sulfide) groups is 1. The van der Waals surface area contributed by atoms with Crippen LogP contribution in [0.15, 0.2) is 35.2 Å². The summed E-state index contributed by atoms with van der Waals surface area (Å²) in [6, 6.07) is 10.4. The van der Waals surface area contributed by atoms with Crippen LogP contribution >= 0.6 is 11.8 Å². The Bertz CT molecular complexity index is 452. The van der Waals surface area contributed by atoms with E-state index in [2.05, 4.69) is 29.6 Å². The Labute approximate surface area is 112 Å². The highest BCUT2D eigenvalue weighted by atomic mass is 32.2. The van der Waals surface area contributed by atoms with Gasteiger partial charge >= 0.3 is 0 Å². The molecule has 1 aromatic carbocycles. The summed E-state index contributed by atoms with van der Waals surface area (Å²) < 4.78 is 0.211. The van der Waals surface area contributed by atoms with E-state index in [4.69, 9.17) is 5.73 Å². The van der Waals surface area contributed by atoms with Crippen molar-refractivity contribution in [1.82, 2.24) is 5.32 Å². The highest BCUT2D eigenvalue weighted by molar-refractivity contribution is 8.01. The molecule has 0 radical (unpaired) electrons. The van der Waals surface area contributed by atoms with Gasteiger partial charge in [0.05, 0.1) is 5.54 Å². The summed E-state index contributed by atoms with van der Waals surface area (Å²) in [7, 11) is 0. The Morgan fingerprint density at radius 2 is 1.89 bits per heavy atom. The lowest BCUT2D eigenvalue weighted by atomic mass is 10.2. The fourth-order valence-corrected chi connectivity index (χ4v) is 3.22. The van der Waals surface area contributed by atoms with E-state index in [0.29, 0.717) is 0 Å². The predicted octanol–water partition coefficient (Wildman–Crippen LogP) is 1.92. The Balaban J connectivity index is 1.54. The number of benzene rings is 1. The lowest BCUT2D eigenvalue weighted by Crippen LogP contribution is -2.45. The maximum absolute atomic E-state index is 11.8. The number of hydrogen-bond acceptors (Lipinski definition) is 3. The van der Waals surface area contributed by atoms with Crippen LogP contribution in [0.3, 0.4) is 0 Å². The molecule has 2 aliphatic rings. The number of amides is 1. The van der Waals surface area contributed by atoms with E-state index in [0.717, 1.165) is 19.4 Å². The van der Waals surface area contributed by atoms with Crippen molar-refractivity contribution in [3.8, 4) is 0 Å². The van der Waals surface area contributed by atoms with Crippen molar-refractivity contribution in [2.24, 2.45) is 5.73 Å². The van der Waals surface area contributed by atoms with Crippen LogP contribution in [0.25, 0.3) is 0 Å². The largest absolute Gasteiger partial charge is 0.353 e. The molecule has 96 valence electrons. The molecule has 4 heteroatoms. The average Bonchev–Trinajstić information content (AvgIpc) is 3.28. The third-order valence-electron chi connectivity index (χ3n) is 3.70. The standard InChI is InChI=1S/C14H18N2OS/c15-14(8-9-14)12(17)16-10-13(6-7-13)18-11-4-2-1-3-5-11/h1-5H,6-10,15H2,(H,16,17). The normalized spacial score (nSPS) is 22.3. The van der Waals surface area contributed by atoms with Crippen molar-refractivity contribution in [3.63, 3.8) is 0 Å². The highest BCUT2D eigenvalue weighted by Crippen LogP contribution is 2.51. The van der Waals surface area contributed by atoms with Crippen LogP contribution in [0.2, 0.25) is 0 Å². The monoisotopic (exact) mass is 262 g/mol. The van der Waals surface area contributed by atoms with E-state index in [1.54, 1.807) is 0 Å². The summed E-state index contributed by atoms with van der Waals surface area (Å²) >= 11 is 1.87. The molecule has 0 heterocycles. The third kappa shape index (κ3) is 2.54. The second-order valence-electron chi connectivity index (χ2n) is 5.44. The number of nitrogens with two attached hydrogens (primary N) is 1. The summed E-state index contributed by atoms with van der Waals surface area (Å²) in [5.74, 6) is 0.0300. The van der Waals surface area contributed by atoms with Crippen LogP contribution in [0.5, 0.6) is 0 Å². The first-order valence-electron chi connectivity index (χ1n) is 6.43. The third-order valence-corrected chi connectivity index (χ3v) is 5.19. The molecule has 1 amide bonds. The van der Waals surface area contributed by atoms with E-state index in [-0.39, 0.29) is 10.7 Å². The van der Waals surface area contributed by atoms with Gasteiger partial charge in [0.15, 0.2) is 0 Å². The number of rotatable bonds is 5. The summed E-state index contributed by atoms with van der Waals surface area (Å²) in [6.45, 7) is 0.740. The van der Waals surface area contributed by atoms with E-state index >= 15 is 0 Å². The van der Waals surface area contributed by atoms with Crippen molar-refractivity contribution >= 4 is 17.7 Å². The average molecular weight is 262 g/mol. The first-order chi connectivity index (χ1) is 8.62.